The predicted molar refractivity (Wildman–Crippen MR) is 101 cm³/mol. The van der Waals surface area contributed by atoms with E-state index >= 15 is 0 Å². The molecule has 5 nitrogen and oxygen atoms in total. The lowest BCUT2D eigenvalue weighted by Gasteiger charge is -2.12. The van der Waals surface area contributed by atoms with Crippen LogP contribution in [0.3, 0.4) is 0 Å². The van der Waals surface area contributed by atoms with Gasteiger partial charge in [-0.2, -0.15) is 0 Å². The third kappa shape index (κ3) is 3.77. The van der Waals surface area contributed by atoms with Gasteiger partial charge in [0.15, 0.2) is 4.77 Å². The summed E-state index contributed by atoms with van der Waals surface area (Å²) in [5.74, 6) is -0.267. The maximum absolute atomic E-state index is 12.6. The van der Waals surface area contributed by atoms with Crippen molar-refractivity contribution in [1.82, 2.24) is 9.13 Å². The minimum Gasteiger partial charge on any atom is -0.494 e. The molecule has 0 atom stereocenters. The lowest BCUT2D eigenvalue weighted by atomic mass is 10.3. The zero-order valence-electron chi connectivity index (χ0n) is 13.1. The lowest BCUT2D eigenvalue weighted by Crippen LogP contribution is -2.28. The standard InChI is InChI=1S/C16H15Cl2N3O2S/c1-9(2)8-21-15(23)11(14(22)20(3)16(21)24)7-19-13-5-4-10(17)6-12(13)18/h4-7,22H,1,8H2,2-3H3. The first kappa shape index (κ1) is 18.4. The monoisotopic (exact) mass is 383 g/mol. The number of hydrogen-bond donors (Lipinski definition) is 1. The number of rotatable bonds is 4. The van der Waals surface area contributed by atoms with Gasteiger partial charge in [-0.05, 0) is 37.3 Å². The Morgan fingerprint density at radius 2 is 2.12 bits per heavy atom. The summed E-state index contributed by atoms with van der Waals surface area (Å²) in [5.41, 5.74) is 0.750. The van der Waals surface area contributed by atoms with Crippen molar-refractivity contribution >= 4 is 47.3 Å². The summed E-state index contributed by atoms with van der Waals surface area (Å²) >= 11 is 17.1. The molecule has 1 aromatic heterocycles. The second kappa shape index (κ2) is 7.34. The van der Waals surface area contributed by atoms with Gasteiger partial charge >= 0.3 is 0 Å². The van der Waals surface area contributed by atoms with Gasteiger partial charge in [-0.25, -0.2) is 0 Å². The summed E-state index contributed by atoms with van der Waals surface area (Å²) in [5, 5.41) is 11.0. The number of halogens is 2. The van der Waals surface area contributed by atoms with Crippen LogP contribution in [0.5, 0.6) is 5.88 Å². The molecule has 1 aromatic carbocycles. The van der Waals surface area contributed by atoms with Crippen LogP contribution in [0.1, 0.15) is 12.5 Å². The van der Waals surface area contributed by atoms with Crippen molar-refractivity contribution in [3.8, 4) is 5.88 Å². The molecule has 2 aromatic rings. The minimum atomic E-state index is -0.451. The molecule has 0 spiro atoms. The molecule has 0 aliphatic carbocycles. The smallest absolute Gasteiger partial charge is 0.267 e. The highest BCUT2D eigenvalue weighted by molar-refractivity contribution is 7.71. The molecule has 0 amide bonds. The van der Waals surface area contributed by atoms with E-state index < -0.39 is 5.56 Å². The van der Waals surface area contributed by atoms with Gasteiger partial charge in [0.25, 0.3) is 5.56 Å². The summed E-state index contributed by atoms with van der Waals surface area (Å²) in [6.45, 7) is 5.83. The molecule has 0 fully saturated rings. The number of aromatic hydroxyl groups is 1. The molecule has 0 radical (unpaired) electrons. The van der Waals surface area contributed by atoms with Crippen LogP contribution >= 0.6 is 35.4 Å². The topological polar surface area (TPSA) is 59.5 Å². The first-order valence-corrected chi connectivity index (χ1v) is 8.05. The zero-order chi connectivity index (χ0) is 18.0. The molecule has 0 saturated carbocycles. The third-order valence-electron chi connectivity index (χ3n) is 3.22. The Labute approximate surface area is 154 Å². The van der Waals surface area contributed by atoms with Crippen LogP contribution in [-0.4, -0.2) is 20.5 Å². The molecule has 1 N–H and O–H groups in total. The second-order valence-electron chi connectivity index (χ2n) is 5.28. The fourth-order valence-corrected chi connectivity index (χ4v) is 2.71. The molecular formula is C16H15Cl2N3O2S. The van der Waals surface area contributed by atoms with Gasteiger partial charge in [-0.3, -0.25) is 18.9 Å². The Morgan fingerprint density at radius 1 is 1.46 bits per heavy atom. The van der Waals surface area contributed by atoms with Gasteiger partial charge in [-0.15, -0.1) is 0 Å². The van der Waals surface area contributed by atoms with E-state index in [1.54, 1.807) is 32.2 Å². The van der Waals surface area contributed by atoms with Crippen molar-refractivity contribution in [3.63, 3.8) is 0 Å². The van der Waals surface area contributed by atoms with E-state index in [1.165, 1.54) is 15.3 Å². The van der Waals surface area contributed by atoms with Crippen molar-refractivity contribution in [2.45, 2.75) is 13.5 Å². The summed E-state index contributed by atoms with van der Waals surface area (Å²) < 4.78 is 2.88. The maximum atomic E-state index is 12.6. The van der Waals surface area contributed by atoms with Crippen molar-refractivity contribution < 1.29 is 5.11 Å². The van der Waals surface area contributed by atoms with Crippen LogP contribution in [0.25, 0.3) is 0 Å². The maximum Gasteiger partial charge on any atom is 0.267 e. The quantitative estimate of drug-likeness (QED) is 0.487. The van der Waals surface area contributed by atoms with E-state index in [4.69, 9.17) is 35.4 Å². The van der Waals surface area contributed by atoms with Gasteiger partial charge in [0.05, 0.1) is 10.7 Å². The minimum absolute atomic E-state index is 0.0124. The van der Waals surface area contributed by atoms with E-state index in [0.717, 1.165) is 5.57 Å². The molecule has 24 heavy (non-hydrogen) atoms. The molecule has 0 aliphatic rings. The van der Waals surface area contributed by atoms with Gasteiger partial charge in [0.2, 0.25) is 5.88 Å². The second-order valence-corrected chi connectivity index (χ2v) is 6.49. The molecule has 0 saturated heterocycles. The molecule has 8 heteroatoms. The van der Waals surface area contributed by atoms with Crippen LogP contribution in [0.15, 0.2) is 40.1 Å². The fourth-order valence-electron chi connectivity index (χ4n) is 2.02. The van der Waals surface area contributed by atoms with E-state index in [1.807, 2.05) is 0 Å². The highest BCUT2D eigenvalue weighted by Gasteiger charge is 2.13. The number of hydrogen-bond acceptors (Lipinski definition) is 4. The molecule has 126 valence electrons. The number of aromatic nitrogens is 2. The van der Waals surface area contributed by atoms with Crippen LogP contribution in [0.2, 0.25) is 10.0 Å². The van der Waals surface area contributed by atoms with Crippen LogP contribution < -0.4 is 5.56 Å². The largest absolute Gasteiger partial charge is 0.494 e. The normalized spacial score (nSPS) is 11.2. The number of aliphatic imine (C=N–C) groups is 1. The van der Waals surface area contributed by atoms with E-state index in [-0.39, 0.29) is 22.8 Å². The number of nitrogens with zero attached hydrogens (tertiary/aromatic N) is 3. The van der Waals surface area contributed by atoms with Crippen LogP contribution in [0.4, 0.5) is 5.69 Å². The summed E-state index contributed by atoms with van der Waals surface area (Å²) in [6, 6.07) is 4.79. The highest BCUT2D eigenvalue weighted by atomic mass is 35.5. The number of benzene rings is 1. The van der Waals surface area contributed by atoms with E-state index in [0.29, 0.717) is 15.7 Å². The molecular weight excluding hydrogens is 369 g/mol. The molecule has 2 rings (SSSR count). The average molecular weight is 384 g/mol. The Morgan fingerprint density at radius 3 is 2.71 bits per heavy atom. The average Bonchev–Trinajstić information content (AvgIpc) is 2.51. The zero-order valence-corrected chi connectivity index (χ0v) is 15.4. The molecule has 0 unspecified atom stereocenters. The Balaban J connectivity index is 2.60. The predicted octanol–water partition coefficient (Wildman–Crippen LogP) is 4.26. The summed E-state index contributed by atoms with van der Waals surface area (Å²) in [4.78, 5) is 16.8. The Kier molecular flexibility index (Phi) is 5.64. The lowest BCUT2D eigenvalue weighted by molar-refractivity contribution is 0.413. The van der Waals surface area contributed by atoms with Crippen molar-refractivity contribution in [2.24, 2.45) is 12.0 Å². The third-order valence-corrected chi connectivity index (χ3v) is 4.25. The van der Waals surface area contributed by atoms with Gasteiger partial charge < -0.3 is 5.11 Å². The molecule has 1 heterocycles. The Bertz CT molecular complexity index is 961. The SMILES string of the molecule is C=C(C)Cn1c(=O)c(C=Nc2ccc(Cl)cc2Cl)c(O)n(C)c1=S. The number of allylic oxidation sites excluding steroid dienone is 1. The van der Waals surface area contributed by atoms with Gasteiger partial charge in [0.1, 0.15) is 5.56 Å². The van der Waals surface area contributed by atoms with E-state index in [9.17, 15) is 9.90 Å². The van der Waals surface area contributed by atoms with Crippen LogP contribution in [-0.2, 0) is 13.6 Å². The summed E-state index contributed by atoms with van der Waals surface area (Å²) in [6.07, 6.45) is 1.26. The summed E-state index contributed by atoms with van der Waals surface area (Å²) in [7, 11) is 1.57. The van der Waals surface area contributed by atoms with E-state index in [2.05, 4.69) is 11.6 Å². The molecule has 0 bridgehead atoms. The molecule has 0 aliphatic heterocycles. The van der Waals surface area contributed by atoms with Crippen molar-refractivity contribution in [3.05, 3.63) is 61.1 Å². The van der Waals surface area contributed by atoms with Crippen molar-refractivity contribution in [1.29, 1.82) is 0 Å². The van der Waals surface area contributed by atoms with Crippen molar-refractivity contribution in [2.75, 3.05) is 0 Å². The van der Waals surface area contributed by atoms with Gasteiger partial charge in [-0.1, -0.05) is 35.4 Å². The first-order valence-electron chi connectivity index (χ1n) is 6.88. The fraction of sp³-hybridized carbons (Fsp3) is 0.188. The highest BCUT2D eigenvalue weighted by Crippen LogP contribution is 2.27. The Hall–Kier alpha value is -1.89. The first-order chi connectivity index (χ1) is 11.2. The van der Waals surface area contributed by atoms with Crippen LogP contribution in [0, 0.1) is 4.77 Å². The van der Waals surface area contributed by atoms with Gasteiger partial charge in [0, 0.05) is 24.8 Å².